The first-order chi connectivity index (χ1) is 22.7. The Bertz CT molecular complexity index is 740. The number of ether oxygens (including phenoxy) is 1. The largest absolute Gasteiger partial charge is 0.481 e. The normalized spacial score (nSPS) is 13.3. The molecule has 0 radical (unpaired) electrons. The van der Waals surface area contributed by atoms with Crippen molar-refractivity contribution in [1.29, 1.82) is 0 Å². The van der Waals surface area contributed by atoms with Gasteiger partial charge < -0.3 is 20.1 Å². The Morgan fingerprint density at radius 1 is 0.468 bits per heavy atom. The van der Waals surface area contributed by atoms with Gasteiger partial charge in [-0.2, -0.15) is 0 Å². The molecule has 0 amide bonds. The fourth-order valence-corrected chi connectivity index (χ4v) is 6.50. The van der Waals surface area contributed by atoms with Crippen LogP contribution in [0.5, 0.6) is 0 Å². The van der Waals surface area contributed by atoms with Crippen LogP contribution in [-0.4, -0.2) is 44.9 Å². The van der Waals surface area contributed by atoms with Crippen LogP contribution in [0.25, 0.3) is 0 Å². The van der Waals surface area contributed by atoms with Crippen LogP contribution in [0.3, 0.4) is 0 Å². The molecule has 0 spiro atoms. The number of hydrogen-bond acceptors (Lipinski definition) is 5. The lowest BCUT2D eigenvalue weighted by molar-refractivity contribution is -0.173. The number of carboxylic acids is 2. The lowest BCUT2D eigenvalue weighted by atomic mass is 9.95. The fourth-order valence-electron chi connectivity index (χ4n) is 6.50. The summed E-state index contributed by atoms with van der Waals surface area (Å²) >= 11 is 0. The molecule has 7 nitrogen and oxygen atoms in total. The standard InChI is InChI=1S/C40H76O7/c1-3-5-7-9-11-13-15-17-19-21-23-25-27-29-31-33-36(47-38(43)35-40(46,39(44)45)34-37(41)42)32-30-28-26-24-22-20-18-16-14-12-10-8-6-4-2/h36,46H,3-35H2,1-2H3,(H,41,42)(H,44,45). The highest BCUT2D eigenvalue weighted by Crippen LogP contribution is 2.22. The van der Waals surface area contributed by atoms with Crippen molar-refractivity contribution in [2.75, 3.05) is 0 Å². The third-order valence-electron chi connectivity index (χ3n) is 9.59. The number of carbonyl (C=O) groups excluding carboxylic acids is 1. The van der Waals surface area contributed by atoms with Gasteiger partial charge in [-0.1, -0.05) is 187 Å². The van der Waals surface area contributed by atoms with Crippen LogP contribution in [-0.2, 0) is 19.1 Å². The topological polar surface area (TPSA) is 121 Å². The number of hydrogen-bond donors (Lipinski definition) is 3. The number of carboxylic acid groups (broad SMARTS) is 2. The van der Waals surface area contributed by atoms with Gasteiger partial charge in [0.1, 0.15) is 6.10 Å². The zero-order chi connectivity index (χ0) is 34.9. The molecule has 0 saturated heterocycles. The van der Waals surface area contributed by atoms with Gasteiger partial charge in [-0.3, -0.25) is 9.59 Å². The molecule has 47 heavy (non-hydrogen) atoms. The molecule has 0 aromatic heterocycles. The zero-order valence-corrected chi connectivity index (χ0v) is 30.9. The summed E-state index contributed by atoms with van der Waals surface area (Å²) in [5.41, 5.74) is -2.66. The van der Waals surface area contributed by atoms with Crippen molar-refractivity contribution in [1.82, 2.24) is 0 Å². The van der Waals surface area contributed by atoms with Gasteiger partial charge in [0.25, 0.3) is 0 Å². The van der Waals surface area contributed by atoms with Gasteiger partial charge >= 0.3 is 17.9 Å². The van der Waals surface area contributed by atoms with Crippen molar-refractivity contribution in [2.24, 2.45) is 0 Å². The first kappa shape index (κ1) is 45.4. The third-order valence-corrected chi connectivity index (χ3v) is 9.59. The van der Waals surface area contributed by atoms with Crippen molar-refractivity contribution in [2.45, 2.75) is 237 Å². The highest BCUT2D eigenvalue weighted by atomic mass is 16.5. The second-order valence-electron chi connectivity index (χ2n) is 14.3. The highest BCUT2D eigenvalue weighted by Gasteiger charge is 2.41. The van der Waals surface area contributed by atoms with Crippen LogP contribution in [0, 0.1) is 0 Å². The molecular weight excluding hydrogens is 592 g/mol. The average molecular weight is 669 g/mol. The van der Waals surface area contributed by atoms with E-state index in [1.807, 2.05) is 0 Å². The van der Waals surface area contributed by atoms with Gasteiger partial charge in [0.2, 0.25) is 0 Å². The van der Waals surface area contributed by atoms with Gasteiger partial charge in [0.15, 0.2) is 5.60 Å². The molecule has 0 saturated carbocycles. The molecule has 0 fully saturated rings. The Morgan fingerprint density at radius 3 is 1.00 bits per heavy atom. The van der Waals surface area contributed by atoms with Gasteiger partial charge in [-0.15, -0.1) is 0 Å². The Morgan fingerprint density at radius 2 is 0.745 bits per heavy atom. The van der Waals surface area contributed by atoms with Gasteiger partial charge in [-0.25, -0.2) is 4.79 Å². The van der Waals surface area contributed by atoms with Crippen LogP contribution >= 0.6 is 0 Å². The molecule has 278 valence electrons. The summed E-state index contributed by atoms with van der Waals surface area (Å²) in [6, 6.07) is 0. The predicted octanol–water partition coefficient (Wildman–Crippen LogP) is 11.7. The van der Waals surface area contributed by atoms with E-state index in [1.54, 1.807) is 0 Å². The lowest BCUT2D eigenvalue weighted by Crippen LogP contribution is -2.43. The number of esters is 1. The summed E-state index contributed by atoms with van der Waals surface area (Å²) in [6.45, 7) is 4.52. The minimum Gasteiger partial charge on any atom is -0.481 e. The molecule has 0 heterocycles. The maximum Gasteiger partial charge on any atom is 0.336 e. The molecule has 0 aromatic carbocycles. The summed E-state index contributed by atoms with van der Waals surface area (Å²) in [6.07, 6.45) is 36.3. The lowest BCUT2D eigenvalue weighted by Gasteiger charge is -2.23. The molecule has 7 heteroatoms. The van der Waals surface area contributed by atoms with Crippen LogP contribution < -0.4 is 0 Å². The van der Waals surface area contributed by atoms with Crippen molar-refractivity contribution in [3.05, 3.63) is 0 Å². The summed E-state index contributed by atoms with van der Waals surface area (Å²) in [4.78, 5) is 35.2. The first-order valence-electron chi connectivity index (χ1n) is 20.1. The van der Waals surface area contributed by atoms with E-state index in [9.17, 15) is 24.6 Å². The SMILES string of the molecule is CCCCCCCCCCCCCCCCCC(CCCCCCCCCCCCCCCC)OC(=O)CC(O)(CC(=O)O)C(=O)O. The minimum atomic E-state index is -2.66. The van der Waals surface area contributed by atoms with E-state index in [-0.39, 0.29) is 6.10 Å². The van der Waals surface area contributed by atoms with E-state index in [1.165, 1.54) is 148 Å². The van der Waals surface area contributed by atoms with Crippen LogP contribution in [0.1, 0.15) is 226 Å². The summed E-state index contributed by atoms with van der Waals surface area (Å²) in [7, 11) is 0. The summed E-state index contributed by atoms with van der Waals surface area (Å²) < 4.78 is 5.66. The molecule has 2 unspecified atom stereocenters. The number of unbranched alkanes of at least 4 members (excludes halogenated alkanes) is 27. The Kier molecular flexibility index (Phi) is 31.8. The molecule has 2 atom stereocenters. The maximum absolute atomic E-state index is 12.6. The van der Waals surface area contributed by atoms with E-state index >= 15 is 0 Å². The number of aliphatic carboxylic acids is 2. The fraction of sp³-hybridized carbons (Fsp3) is 0.925. The maximum atomic E-state index is 12.6. The molecule has 0 rings (SSSR count). The van der Waals surface area contributed by atoms with E-state index in [0.717, 1.165) is 38.5 Å². The van der Waals surface area contributed by atoms with Crippen LogP contribution in [0.2, 0.25) is 0 Å². The van der Waals surface area contributed by atoms with Crippen LogP contribution in [0.15, 0.2) is 0 Å². The smallest absolute Gasteiger partial charge is 0.336 e. The number of aliphatic hydroxyl groups is 1. The van der Waals surface area contributed by atoms with Crippen molar-refractivity contribution < 1.29 is 34.4 Å². The molecule has 0 bridgehead atoms. The Hall–Kier alpha value is -1.63. The second kappa shape index (κ2) is 32.9. The minimum absolute atomic E-state index is 0.329. The van der Waals surface area contributed by atoms with E-state index < -0.39 is 36.4 Å². The molecule has 0 aliphatic carbocycles. The Labute approximate surface area is 289 Å². The molecular formula is C40H76O7. The molecule has 0 aliphatic heterocycles. The van der Waals surface area contributed by atoms with Crippen LogP contribution in [0.4, 0.5) is 0 Å². The number of rotatable bonds is 37. The second-order valence-corrected chi connectivity index (χ2v) is 14.3. The van der Waals surface area contributed by atoms with Crippen molar-refractivity contribution in [3.8, 4) is 0 Å². The van der Waals surface area contributed by atoms with E-state index in [0.29, 0.717) is 12.8 Å². The molecule has 3 N–H and O–H groups in total. The van der Waals surface area contributed by atoms with E-state index in [4.69, 9.17) is 9.84 Å². The molecule has 0 aliphatic rings. The monoisotopic (exact) mass is 669 g/mol. The van der Waals surface area contributed by atoms with Gasteiger partial charge in [-0.05, 0) is 25.7 Å². The van der Waals surface area contributed by atoms with Gasteiger partial charge in [0.05, 0.1) is 12.8 Å². The summed E-state index contributed by atoms with van der Waals surface area (Å²) in [5, 5.41) is 28.6. The van der Waals surface area contributed by atoms with Crippen molar-refractivity contribution >= 4 is 17.9 Å². The van der Waals surface area contributed by atoms with E-state index in [2.05, 4.69) is 13.8 Å². The number of carbonyl (C=O) groups is 3. The highest BCUT2D eigenvalue weighted by molar-refractivity contribution is 5.88. The summed E-state index contributed by atoms with van der Waals surface area (Å²) in [5.74, 6) is -4.03. The van der Waals surface area contributed by atoms with Gasteiger partial charge in [0, 0.05) is 0 Å². The average Bonchev–Trinajstić information content (AvgIpc) is 3.02. The third kappa shape index (κ3) is 30.2. The van der Waals surface area contributed by atoms with Crippen molar-refractivity contribution in [3.63, 3.8) is 0 Å². The quantitative estimate of drug-likeness (QED) is 0.0445. The molecule has 0 aromatic rings. The first-order valence-corrected chi connectivity index (χ1v) is 20.1. The Balaban J connectivity index is 4.30. The zero-order valence-electron chi connectivity index (χ0n) is 30.9. The predicted molar refractivity (Wildman–Crippen MR) is 194 cm³/mol.